The second kappa shape index (κ2) is 7.51. The first-order chi connectivity index (χ1) is 11.6. The Bertz CT molecular complexity index is 661. The molecule has 9 heteroatoms. The van der Waals surface area contributed by atoms with Crippen LogP contribution in [0.1, 0.15) is 32.3 Å². The van der Waals surface area contributed by atoms with Crippen molar-refractivity contribution in [3.8, 4) is 0 Å². The molecule has 25 heavy (non-hydrogen) atoms. The van der Waals surface area contributed by atoms with E-state index in [9.17, 15) is 22.8 Å². The van der Waals surface area contributed by atoms with Gasteiger partial charge in [0.2, 0.25) is 5.91 Å². The van der Waals surface area contributed by atoms with Gasteiger partial charge in [0.05, 0.1) is 16.3 Å². The molecule has 0 aromatic heterocycles. The van der Waals surface area contributed by atoms with E-state index in [0.717, 1.165) is 25.0 Å². The fourth-order valence-electron chi connectivity index (χ4n) is 2.16. The average Bonchev–Trinajstić information content (AvgIpc) is 3.34. The zero-order valence-electron chi connectivity index (χ0n) is 13.7. The molecule has 1 atom stereocenters. The number of hydrogen-bond acceptors (Lipinski definition) is 3. The van der Waals surface area contributed by atoms with Gasteiger partial charge in [-0.15, -0.1) is 0 Å². The minimum Gasteiger partial charge on any atom is -0.372 e. The summed E-state index contributed by atoms with van der Waals surface area (Å²) in [6, 6.07) is 2.08. The van der Waals surface area contributed by atoms with Crippen molar-refractivity contribution in [3.63, 3.8) is 0 Å². The van der Waals surface area contributed by atoms with E-state index in [1.807, 2.05) is 0 Å². The maximum absolute atomic E-state index is 12.7. The fourth-order valence-corrected chi connectivity index (χ4v) is 2.39. The largest absolute Gasteiger partial charge is 0.416 e. The average molecular weight is 378 g/mol. The van der Waals surface area contributed by atoms with Crippen LogP contribution >= 0.6 is 11.6 Å². The third-order valence-corrected chi connectivity index (χ3v) is 4.13. The summed E-state index contributed by atoms with van der Waals surface area (Å²) >= 11 is 5.90. The van der Waals surface area contributed by atoms with E-state index in [-0.39, 0.29) is 28.5 Å². The van der Waals surface area contributed by atoms with Gasteiger partial charge in [-0.25, -0.2) is 0 Å². The molecule has 0 saturated heterocycles. The minimum absolute atomic E-state index is 0.0601. The van der Waals surface area contributed by atoms with Crippen LogP contribution in [0.5, 0.6) is 0 Å². The molecular formula is C16H19ClF3N3O2. The van der Waals surface area contributed by atoms with Gasteiger partial charge in [-0.3, -0.25) is 20.4 Å². The summed E-state index contributed by atoms with van der Waals surface area (Å²) in [6.07, 6.45) is -2.90. The fraction of sp³-hybridized carbons (Fsp3) is 0.500. The minimum atomic E-state index is -4.50. The Morgan fingerprint density at radius 1 is 1.20 bits per heavy atom. The van der Waals surface area contributed by atoms with Crippen LogP contribution in [0.2, 0.25) is 5.02 Å². The number of alkyl halides is 3. The summed E-state index contributed by atoms with van der Waals surface area (Å²) < 4.78 is 38.0. The zero-order valence-corrected chi connectivity index (χ0v) is 14.5. The number of amides is 2. The van der Waals surface area contributed by atoms with Crippen molar-refractivity contribution in [3.05, 3.63) is 28.8 Å². The lowest BCUT2D eigenvalue weighted by Gasteiger charge is -2.23. The van der Waals surface area contributed by atoms with E-state index >= 15 is 0 Å². The third-order valence-electron chi connectivity index (χ3n) is 3.81. The van der Waals surface area contributed by atoms with Crippen molar-refractivity contribution >= 4 is 29.1 Å². The molecule has 1 fully saturated rings. The Hall–Kier alpha value is -1.96. The van der Waals surface area contributed by atoms with E-state index in [1.165, 1.54) is 6.07 Å². The maximum Gasteiger partial charge on any atom is 0.416 e. The predicted octanol–water partition coefficient (Wildman–Crippen LogP) is 3.35. The highest BCUT2D eigenvalue weighted by molar-refractivity contribution is 6.33. The summed E-state index contributed by atoms with van der Waals surface area (Å²) in [4.78, 5) is 23.8. The van der Waals surface area contributed by atoms with E-state index in [0.29, 0.717) is 0 Å². The topological polar surface area (TPSA) is 70.2 Å². The molecule has 0 bridgehead atoms. The molecule has 0 spiro atoms. The van der Waals surface area contributed by atoms with Crippen molar-refractivity contribution in [2.45, 2.75) is 38.9 Å². The standard InChI is InChI=1S/C16H19ClF3N3O2/c1-8(2)13(15(25)23-22-14(24)9-3-4-9)21-12-6-5-10(7-11(12)17)16(18,19)20/h5-9,13,21H,3-4H2,1-2H3,(H,22,24)(H,23,25)/t13-/m0/s1. The molecule has 0 aliphatic heterocycles. The highest BCUT2D eigenvalue weighted by atomic mass is 35.5. The van der Waals surface area contributed by atoms with Gasteiger partial charge >= 0.3 is 6.18 Å². The number of halogens is 4. The van der Waals surface area contributed by atoms with Crippen LogP contribution in [-0.4, -0.2) is 17.9 Å². The molecule has 1 saturated carbocycles. The number of benzene rings is 1. The number of anilines is 1. The highest BCUT2D eigenvalue weighted by Crippen LogP contribution is 2.34. The first-order valence-electron chi connectivity index (χ1n) is 7.82. The highest BCUT2D eigenvalue weighted by Gasteiger charge is 2.32. The van der Waals surface area contributed by atoms with Gasteiger partial charge in [-0.1, -0.05) is 25.4 Å². The molecule has 0 radical (unpaired) electrons. The number of carbonyl (C=O) groups excluding carboxylic acids is 2. The van der Waals surface area contributed by atoms with E-state index < -0.39 is 23.7 Å². The maximum atomic E-state index is 12.7. The summed E-state index contributed by atoms with van der Waals surface area (Å²) in [6.45, 7) is 3.52. The number of rotatable bonds is 5. The predicted molar refractivity (Wildman–Crippen MR) is 87.7 cm³/mol. The molecular weight excluding hydrogens is 359 g/mol. The summed E-state index contributed by atoms with van der Waals surface area (Å²) in [5.41, 5.74) is 4.02. The van der Waals surface area contributed by atoms with Gasteiger partial charge in [0, 0.05) is 5.92 Å². The van der Waals surface area contributed by atoms with E-state index in [4.69, 9.17) is 11.6 Å². The van der Waals surface area contributed by atoms with Crippen molar-refractivity contribution in [2.24, 2.45) is 11.8 Å². The Balaban J connectivity index is 2.05. The van der Waals surface area contributed by atoms with Crippen molar-refractivity contribution in [2.75, 3.05) is 5.32 Å². The van der Waals surface area contributed by atoms with Gasteiger partial charge < -0.3 is 5.32 Å². The quantitative estimate of drug-likeness (QED) is 0.689. The molecule has 5 nitrogen and oxygen atoms in total. The number of hydrogen-bond donors (Lipinski definition) is 3. The Labute approximate surface area is 148 Å². The molecule has 3 N–H and O–H groups in total. The summed E-state index contributed by atoms with van der Waals surface area (Å²) in [5.74, 6) is -1.00. The second-order valence-electron chi connectivity index (χ2n) is 6.31. The van der Waals surface area contributed by atoms with Gasteiger partial charge in [0.15, 0.2) is 0 Å². The SMILES string of the molecule is CC(C)[C@H](Nc1ccc(C(F)(F)F)cc1Cl)C(=O)NNC(=O)C1CC1. The zero-order chi connectivity index (χ0) is 18.8. The van der Waals surface area contributed by atoms with Gasteiger partial charge in [-0.05, 0) is 37.0 Å². The van der Waals surface area contributed by atoms with E-state index in [1.54, 1.807) is 13.8 Å². The van der Waals surface area contributed by atoms with Crippen LogP contribution < -0.4 is 16.2 Å². The first kappa shape index (κ1) is 19.4. The van der Waals surface area contributed by atoms with E-state index in [2.05, 4.69) is 16.2 Å². The molecule has 2 amide bonds. The third kappa shape index (κ3) is 5.26. The normalized spacial score (nSPS) is 15.6. The number of hydrazine groups is 1. The van der Waals surface area contributed by atoms with Crippen molar-refractivity contribution < 1.29 is 22.8 Å². The molecule has 1 aromatic carbocycles. The molecule has 0 heterocycles. The van der Waals surface area contributed by atoms with Crippen LogP contribution in [0.25, 0.3) is 0 Å². The van der Waals surface area contributed by atoms with Crippen molar-refractivity contribution in [1.29, 1.82) is 0 Å². The monoisotopic (exact) mass is 377 g/mol. The smallest absolute Gasteiger partial charge is 0.372 e. The van der Waals surface area contributed by atoms with Gasteiger partial charge in [-0.2, -0.15) is 13.2 Å². The van der Waals surface area contributed by atoms with Crippen molar-refractivity contribution in [1.82, 2.24) is 10.9 Å². The van der Waals surface area contributed by atoms with Crippen LogP contribution in [-0.2, 0) is 15.8 Å². The Morgan fingerprint density at radius 3 is 2.32 bits per heavy atom. The molecule has 0 unspecified atom stereocenters. The lowest BCUT2D eigenvalue weighted by molar-refractivity contribution is -0.137. The Morgan fingerprint density at radius 2 is 1.84 bits per heavy atom. The second-order valence-corrected chi connectivity index (χ2v) is 6.72. The van der Waals surface area contributed by atoms with Gasteiger partial charge in [0.1, 0.15) is 6.04 Å². The first-order valence-corrected chi connectivity index (χ1v) is 8.20. The number of carbonyl (C=O) groups is 2. The Kier molecular flexibility index (Phi) is 5.82. The lowest BCUT2D eigenvalue weighted by Crippen LogP contribution is -2.50. The molecule has 138 valence electrons. The van der Waals surface area contributed by atoms with Crippen LogP contribution in [0, 0.1) is 11.8 Å². The summed E-state index contributed by atoms with van der Waals surface area (Å²) in [7, 11) is 0. The molecule has 1 aliphatic carbocycles. The van der Waals surface area contributed by atoms with Crippen LogP contribution in [0.4, 0.5) is 18.9 Å². The molecule has 1 aliphatic rings. The van der Waals surface area contributed by atoms with Crippen LogP contribution in [0.3, 0.4) is 0 Å². The molecule has 1 aromatic rings. The van der Waals surface area contributed by atoms with Gasteiger partial charge in [0.25, 0.3) is 5.91 Å². The lowest BCUT2D eigenvalue weighted by atomic mass is 10.0. The number of nitrogens with one attached hydrogen (secondary N) is 3. The molecule has 2 rings (SSSR count). The van der Waals surface area contributed by atoms with Crippen LogP contribution in [0.15, 0.2) is 18.2 Å². The summed E-state index contributed by atoms with van der Waals surface area (Å²) in [5, 5.41) is 2.69.